The van der Waals surface area contributed by atoms with E-state index in [1.807, 2.05) is 0 Å². The lowest BCUT2D eigenvalue weighted by Gasteiger charge is -2.09. The van der Waals surface area contributed by atoms with Crippen molar-refractivity contribution in [1.82, 2.24) is 10.3 Å². The van der Waals surface area contributed by atoms with Crippen LogP contribution in [0.15, 0.2) is 22.5 Å². The number of rotatable bonds is 8. The lowest BCUT2D eigenvalue weighted by Crippen LogP contribution is -2.32. The van der Waals surface area contributed by atoms with Crippen molar-refractivity contribution in [1.29, 1.82) is 0 Å². The maximum atomic E-state index is 11.9. The number of anilines is 1. The summed E-state index contributed by atoms with van der Waals surface area (Å²) in [4.78, 5) is 16.4. The molecule has 0 saturated carbocycles. The molecule has 3 rings (SSSR count). The Kier molecular flexibility index (Phi) is 6.38. The van der Waals surface area contributed by atoms with E-state index in [0.29, 0.717) is 18.0 Å². The van der Waals surface area contributed by atoms with Gasteiger partial charge in [0, 0.05) is 13.2 Å². The van der Waals surface area contributed by atoms with Crippen LogP contribution in [0.1, 0.15) is 19.8 Å². The summed E-state index contributed by atoms with van der Waals surface area (Å²) in [6.45, 7) is 2.92. The molecule has 1 aromatic heterocycles. The topological polar surface area (TPSA) is 97.4 Å². The quantitative estimate of drug-likeness (QED) is 0.643. The fraction of sp³-hybridized carbons (Fsp3) is 0.500. The molecule has 0 spiro atoms. The summed E-state index contributed by atoms with van der Waals surface area (Å²) in [7, 11) is -3.30. The Labute approximate surface area is 161 Å². The van der Waals surface area contributed by atoms with E-state index in [4.69, 9.17) is 4.74 Å². The largest absolute Gasteiger partial charge is 0.376 e. The van der Waals surface area contributed by atoms with Crippen molar-refractivity contribution < 1.29 is 17.9 Å². The standard InChI is InChI=1S/C16H21N3O4S3/c1-2-26(21,22)19-11-5-6-13-14(8-11)25-16(18-13)24-10-15(20)17-9-12-4-3-7-23-12/h5-6,8,12,19H,2-4,7,9-10H2,1H3,(H,17,20)/t12-/m0/s1. The molecule has 0 radical (unpaired) electrons. The monoisotopic (exact) mass is 415 g/mol. The number of hydrogen-bond donors (Lipinski definition) is 2. The lowest BCUT2D eigenvalue weighted by atomic mass is 10.2. The van der Waals surface area contributed by atoms with Crippen LogP contribution >= 0.6 is 23.1 Å². The van der Waals surface area contributed by atoms with Gasteiger partial charge in [0.1, 0.15) is 0 Å². The van der Waals surface area contributed by atoms with Crippen molar-refractivity contribution in [3.8, 4) is 0 Å². The van der Waals surface area contributed by atoms with Gasteiger partial charge < -0.3 is 10.1 Å². The van der Waals surface area contributed by atoms with Gasteiger partial charge in [0.2, 0.25) is 15.9 Å². The van der Waals surface area contributed by atoms with Crippen molar-refractivity contribution in [2.45, 2.75) is 30.2 Å². The van der Waals surface area contributed by atoms with E-state index in [1.165, 1.54) is 23.1 Å². The molecule has 1 atom stereocenters. The van der Waals surface area contributed by atoms with E-state index in [1.54, 1.807) is 25.1 Å². The van der Waals surface area contributed by atoms with Crippen LogP contribution in [0.25, 0.3) is 10.2 Å². The molecule has 2 aromatic rings. The molecule has 26 heavy (non-hydrogen) atoms. The molecule has 0 unspecified atom stereocenters. The van der Waals surface area contributed by atoms with E-state index in [2.05, 4.69) is 15.0 Å². The third-order valence-electron chi connectivity index (χ3n) is 3.90. The number of sulfonamides is 1. The number of hydrogen-bond acceptors (Lipinski definition) is 7. The maximum Gasteiger partial charge on any atom is 0.232 e. The van der Waals surface area contributed by atoms with E-state index >= 15 is 0 Å². The Balaban J connectivity index is 1.55. The Morgan fingerprint density at radius 1 is 1.46 bits per heavy atom. The number of ether oxygens (including phenoxy) is 1. The first-order valence-electron chi connectivity index (χ1n) is 8.37. The van der Waals surface area contributed by atoms with Crippen LogP contribution in [0.3, 0.4) is 0 Å². The molecule has 7 nitrogen and oxygen atoms in total. The molecule has 10 heteroatoms. The van der Waals surface area contributed by atoms with Crippen LogP contribution in [-0.4, -0.2) is 50.1 Å². The van der Waals surface area contributed by atoms with E-state index in [-0.39, 0.29) is 17.8 Å². The molecule has 1 saturated heterocycles. The normalized spacial score (nSPS) is 17.5. The second-order valence-corrected chi connectivity index (χ2v) is 10.2. The maximum absolute atomic E-state index is 11.9. The third-order valence-corrected chi connectivity index (χ3v) is 7.37. The van der Waals surface area contributed by atoms with Crippen LogP contribution in [0.5, 0.6) is 0 Å². The fourth-order valence-electron chi connectivity index (χ4n) is 2.49. The molecule has 0 aliphatic carbocycles. The predicted molar refractivity (Wildman–Crippen MR) is 105 cm³/mol. The Hall–Kier alpha value is -1.36. The molecule has 2 heterocycles. The number of aromatic nitrogens is 1. The van der Waals surface area contributed by atoms with Gasteiger partial charge >= 0.3 is 0 Å². The van der Waals surface area contributed by atoms with Gasteiger partial charge in [-0.3, -0.25) is 9.52 Å². The number of nitrogens with zero attached hydrogens (tertiary/aromatic N) is 1. The number of carbonyl (C=O) groups excluding carboxylic acids is 1. The van der Waals surface area contributed by atoms with Crippen LogP contribution < -0.4 is 10.0 Å². The first-order chi connectivity index (χ1) is 12.4. The molecule has 1 aromatic carbocycles. The number of thioether (sulfide) groups is 1. The van der Waals surface area contributed by atoms with Crippen molar-refractivity contribution in [3.63, 3.8) is 0 Å². The SMILES string of the molecule is CCS(=O)(=O)Nc1ccc2nc(SCC(=O)NC[C@@H]3CCCO3)sc2c1. The summed E-state index contributed by atoms with van der Waals surface area (Å²) >= 11 is 2.82. The van der Waals surface area contributed by atoms with E-state index < -0.39 is 10.0 Å². The van der Waals surface area contributed by atoms with Gasteiger partial charge in [0.05, 0.1) is 33.5 Å². The average molecular weight is 416 g/mol. The highest BCUT2D eigenvalue weighted by Gasteiger charge is 2.16. The number of benzene rings is 1. The summed E-state index contributed by atoms with van der Waals surface area (Å²) in [5.74, 6) is 0.277. The number of amides is 1. The first kappa shape index (κ1) is 19.4. The minimum atomic E-state index is -3.30. The molecular weight excluding hydrogens is 394 g/mol. The average Bonchev–Trinajstić information content (AvgIpc) is 3.26. The van der Waals surface area contributed by atoms with Crippen LogP contribution in [0, 0.1) is 0 Å². The van der Waals surface area contributed by atoms with Crippen molar-refractivity contribution in [2.24, 2.45) is 0 Å². The second-order valence-electron chi connectivity index (χ2n) is 5.90. The molecule has 1 fully saturated rings. The second kappa shape index (κ2) is 8.55. The molecule has 1 aliphatic rings. The van der Waals surface area contributed by atoms with E-state index in [9.17, 15) is 13.2 Å². The minimum absolute atomic E-state index is 0.0236. The zero-order chi connectivity index (χ0) is 18.6. The van der Waals surface area contributed by atoms with Crippen LogP contribution in [0.4, 0.5) is 5.69 Å². The Bertz CT molecular complexity index is 876. The highest BCUT2D eigenvalue weighted by atomic mass is 32.2. The lowest BCUT2D eigenvalue weighted by molar-refractivity contribution is -0.119. The van der Waals surface area contributed by atoms with Crippen molar-refractivity contribution in [3.05, 3.63) is 18.2 Å². The third kappa shape index (κ3) is 5.32. The molecule has 0 bridgehead atoms. The van der Waals surface area contributed by atoms with Gasteiger partial charge in [-0.15, -0.1) is 11.3 Å². The van der Waals surface area contributed by atoms with E-state index in [0.717, 1.165) is 34.0 Å². The summed E-state index contributed by atoms with van der Waals surface area (Å²) in [6, 6.07) is 5.24. The molecular formula is C16H21N3O4S3. The number of carbonyl (C=O) groups is 1. The Morgan fingerprint density at radius 2 is 2.31 bits per heavy atom. The molecule has 1 aliphatic heterocycles. The van der Waals surface area contributed by atoms with Gasteiger partial charge in [-0.2, -0.15) is 0 Å². The van der Waals surface area contributed by atoms with Gasteiger partial charge in [-0.25, -0.2) is 13.4 Å². The smallest absolute Gasteiger partial charge is 0.232 e. The highest BCUT2D eigenvalue weighted by molar-refractivity contribution is 8.01. The van der Waals surface area contributed by atoms with Gasteiger partial charge in [0.25, 0.3) is 0 Å². The summed E-state index contributed by atoms with van der Waals surface area (Å²) in [5, 5.41) is 2.89. The summed E-state index contributed by atoms with van der Waals surface area (Å²) in [6.07, 6.45) is 2.18. The fourth-order valence-corrected chi connectivity index (χ4v) is 5.06. The van der Waals surface area contributed by atoms with Crippen molar-refractivity contribution in [2.75, 3.05) is 29.4 Å². The summed E-state index contributed by atoms with van der Waals surface area (Å²) < 4.78 is 33.0. The number of fused-ring (bicyclic) bond motifs is 1. The number of nitrogens with one attached hydrogen (secondary N) is 2. The van der Waals surface area contributed by atoms with Gasteiger partial charge in [-0.05, 0) is 38.0 Å². The Morgan fingerprint density at radius 3 is 3.04 bits per heavy atom. The van der Waals surface area contributed by atoms with Crippen molar-refractivity contribution >= 4 is 54.9 Å². The zero-order valence-electron chi connectivity index (χ0n) is 14.4. The zero-order valence-corrected chi connectivity index (χ0v) is 16.8. The van der Waals surface area contributed by atoms with Crippen LogP contribution in [-0.2, 0) is 19.6 Å². The van der Waals surface area contributed by atoms with Gasteiger partial charge in [0.15, 0.2) is 4.34 Å². The number of thiazole rings is 1. The minimum Gasteiger partial charge on any atom is -0.376 e. The summed E-state index contributed by atoms with van der Waals surface area (Å²) in [5.41, 5.74) is 1.31. The molecule has 142 valence electrons. The highest BCUT2D eigenvalue weighted by Crippen LogP contribution is 2.31. The molecule has 1 amide bonds. The molecule has 2 N–H and O–H groups in total. The van der Waals surface area contributed by atoms with Gasteiger partial charge in [-0.1, -0.05) is 11.8 Å². The van der Waals surface area contributed by atoms with Crippen LogP contribution in [0.2, 0.25) is 0 Å². The first-order valence-corrected chi connectivity index (χ1v) is 11.8. The predicted octanol–water partition coefficient (Wildman–Crippen LogP) is 2.45.